The molecule has 1 aliphatic rings. The number of benzene rings is 1. The molecule has 2 rings (SSSR count). The number of nitriles is 1. The zero-order valence-electron chi connectivity index (χ0n) is 7.98. The largest absolute Gasteiger partial charge is 0.369 e. The Balaban J connectivity index is 2.12. The molecule has 0 spiro atoms. The summed E-state index contributed by atoms with van der Waals surface area (Å²) in [7, 11) is 0. The van der Waals surface area contributed by atoms with E-state index in [0.717, 1.165) is 31.7 Å². The van der Waals surface area contributed by atoms with Crippen molar-refractivity contribution in [1.29, 1.82) is 5.26 Å². The van der Waals surface area contributed by atoms with Gasteiger partial charge in [0.25, 0.3) is 0 Å². The van der Waals surface area contributed by atoms with Crippen molar-refractivity contribution in [2.75, 3.05) is 31.1 Å². The first-order chi connectivity index (χ1) is 6.90. The highest BCUT2D eigenvalue weighted by molar-refractivity contribution is 5.49. The maximum absolute atomic E-state index is 8.66. The van der Waals surface area contributed by atoms with Crippen LogP contribution in [0.15, 0.2) is 24.3 Å². The van der Waals surface area contributed by atoms with E-state index in [1.165, 1.54) is 5.69 Å². The Hall–Kier alpha value is -1.53. The molecule has 71 valence electrons. The van der Waals surface area contributed by atoms with E-state index in [2.05, 4.69) is 16.3 Å². The van der Waals surface area contributed by atoms with Gasteiger partial charge in [-0.2, -0.15) is 5.26 Å². The number of nitrogens with zero attached hydrogens (tertiary/aromatic N) is 3. The van der Waals surface area contributed by atoms with E-state index >= 15 is 0 Å². The average molecular weight is 186 g/mol. The van der Waals surface area contributed by atoms with Crippen LogP contribution in [0.1, 0.15) is 5.56 Å². The van der Waals surface area contributed by atoms with Gasteiger partial charge in [-0.3, -0.25) is 0 Å². The predicted octanol–water partition coefficient (Wildman–Crippen LogP) is 0.983. The lowest BCUT2D eigenvalue weighted by Crippen LogP contribution is -2.40. The highest BCUT2D eigenvalue weighted by Crippen LogP contribution is 2.15. The Morgan fingerprint density at radius 1 is 1.14 bits per heavy atom. The van der Waals surface area contributed by atoms with E-state index < -0.39 is 0 Å². The minimum Gasteiger partial charge on any atom is -0.369 e. The van der Waals surface area contributed by atoms with Crippen molar-refractivity contribution < 1.29 is 0 Å². The van der Waals surface area contributed by atoms with E-state index in [0.29, 0.717) is 0 Å². The third-order valence-electron chi connectivity index (χ3n) is 2.42. The fraction of sp³-hybridized carbons (Fsp3) is 0.364. The monoisotopic (exact) mass is 186 g/mol. The molecule has 1 aromatic rings. The first kappa shape index (κ1) is 9.04. The SMILES string of the molecule is N#Cc1ccc(N2CC[N]CC2)cc1. The van der Waals surface area contributed by atoms with E-state index in [9.17, 15) is 0 Å². The van der Waals surface area contributed by atoms with Gasteiger partial charge in [-0.15, -0.1) is 0 Å². The van der Waals surface area contributed by atoms with E-state index in [4.69, 9.17) is 5.26 Å². The molecule has 0 N–H and O–H groups in total. The van der Waals surface area contributed by atoms with E-state index in [1.807, 2.05) is 24.3 Å². The number of anilines is 1. The van der Waals surface area contributed by atoms with E-state index in [-0.39, 0.29) is 0 Å². The summed E-state index contributed by atoms with van der Waals surface area (Å²) >= 11 is 0. The third kappa shape index (κ3) is 1.86. The van der Waals surface area contributed by atoms with Crippen molar-refractivity contribution in [2.45, 2.75) is 0 Å². The molecule has 1 aliphatic heterocycles. The van der Waals surface area contributed by atoms with Gasteiger partial charge in [-0.1, -0.05) is 0 Å². The van der Waals surface area contributed by atoms with Crippen LogP contribution < -0.4 is 10.2 Å². The summed E-state index contributed by atoms with van der Waals surface area (Å²) in [4.78, 5) is 2.30. The maximum Gasteiger partial charge on any atom is 0.0991 e. The quantitative estimate of drug-likeness (QED) is 0.656. The lowest BCUT2D eigenvalue weighted by Gasteiger charge is -2.28. The summed E-state index contributed by atoms with van der Waals surface area (Å²) in [5.41, 5.74) is 1.91. The van der Waals surface area contributed by atoms with Crippen LogP contribution in [0.3, 0.4) is 0 Å². The molecule has 1 heterocycles. The zero-order chi connectivity index (χ0) is 9.80. The molecule has 0 amide bonds. The molecule has 0 bridgehead atoms. The molecule has 0 unspecified atom stereocenters. The molecule has 3 heteroatoms. The van der Waals surface area contributed by atoms with Crippen LogP contribution in [0.2, 0.25) is 0 Å². The zero-order valence-corrected chi connectivity index (χ0v) is 7.98. The van der Waals surface area contributed by atoms with E-state index in [1.54, 1.807) is 0 Å². The van der Waals surface area contributed by atoms with Crippen molar-refractivity contribution in [2.24, 2.45) is 0 Å². The van der Waals surface area contributed by atoms with Crippen LogP contribution in [0, 0.1) is 11.3 Å². The minimum absolute atomic E-state index is 0.718. The molecule has 1 fully saturated rings. The molecule has 1 saturated heterocycles. The Kier molecular flexibility index (Phi) is 2.66. The van der Waals surface area contributed by atoms with Gasteiger partial charge in [0.2, 0.25) is 0 Å². The van der Waals surface area contributed by atoms with Gasteiger partial charge < -0.3 is 4.90 Å². The normalized spacial score (nSPS) is 16.4. The number of hydrogen-bond donors (Lipinski definition) is 0. The van der Waals surface area contributed by atoms with Gasteiger partial charge in [0.1, 0.15) is 0 Å². The Labute approximate surface area is 84.0 Å². The molecule has 0 aromatic heterocycles. The Morgan fingerprint density at radius 2 is 1.79 bits per heavy atom. The topological polar surface area (TPSA) is 41.1 Å². The summed E-state index contributed by atoms with van der Waals surface area (Å²) in [5.74, 6) is 0. The smallest absolute Gasteiger partial charge is 0.0991 e. The summed E-state index contributed by atoms with van der Waals surface area (Å²) in [6.45, 7) is 3.82. The van der Waals surface area contributed by atoms with Crippen molar-refractivity contribution in [3.8, 4) is 6.07 Å². The van der Waals surface area contributed by atoms with Gasteiger partial charge in [0.05, 0.1) is 11.6 Å². The minimum atomic E-state index is 0.718. The molecule has 1 aromatic carbocycles. The molecule has 1 radical (unpaired) electrons. The van der Waals surface area contributed by atoms with Crippen molar-refractivity contribution >= 4 is 5.69 Å². The van der Waals surface area contributed by atoms with Crippen LogP contribution in [0.4, 0.5) is 5.69 Å². The van der Waals surface area contributed by atoms with Crippen LogP contribution in [0.5, 0.6) is 0 Å². The second-order valence-electron chi connectivity index (χ2n) is 3.32. The fourth-order valence-electron chi connectivity index (χ4n) is 1.61. The second kappa shape index (κ2) is 4.12. The van der Waals surface area contributed by atoms with Crippen LogP contribution in [-0.4, -0.2) is 26.2 Å². The van der Waals surface area contributed by atoms with Crippen LogP contribution >= 0.6 is 0 Å². The lowest BCUT2D eigenvalue weighted by atomic mass is 10.2. The Morgan fingerprint density at radius 3 is 2.36 bits per heavy atom. The fourth-order valence-corrected chi connectivity index (χ4v) is 1.61. The maximum atomic E-state index is 8.66. The molecule has 0 atom stereocenters. The van der Waals surface area contributed by atoms with Gasteiger partial charge >= 0.3 is 0 Å². The molecule has 0 aliphatic carbocycles. The molecule has 0 saturated carbocycles. The summed E-state index contributed by atoms with van der Waals surface area (Å²) in [6.07, 6.45) is 0. The number of rotatable bonds is 1. The molecule has 14 heavy (non-hydrogen) atoms. The third-order valence-corrected chi connectivity index (χ3v) is 2.42. The van der Waals surface area contributed by atoms with Crippen LogP contribution in [-0.2, 0) is 0 Å². The number of piperazine rings is 1. The lowest BCUT2D eigenvalue weighted by molar-refractivity contribution is 0.579. The first-order valence-corrected chi connectivity index (χ1v) is 4.78. The first-order valence-electron chi connectivity index (χ1n) is 4.78. The van der Waals surface area contributed by atoms with Gasteiger partial charge in [-0.05, 0) is 24.3 Å². The highest BCUT2D eigenvalue weighted by atomic mass is 15.2. The average Bonchev–Trinajstić information content (AvgIpc) is 2.30. The number of hydrogen-bond acceptors (Lipinski definition) is 2. The highest BCUT2D eigenvalue weighted by Gasteiger charge is 2.10. The summed E-state index contributed by atoms with van der Waals surface area (Å²) < 4.78 is 0. The van der Waals surface area contributed by atoms with Gasteiger partial charge in [0.15, 0.2) is 0 Å². The van der Waals surface area contributed by atoms with Gasteiger partial charge in [-0.25, -0.2) is 5.32 Å². The molecule has 3 nitrogen and oxygen atoms in total. The summed E-state index contributed by atoms with van der Waals surface area (Å²) in [6, 6.07) is 9.85. The Bertz CT molecular complexity index is 331. The van der Waals surface area contributed by atoms with Crippen molar-refractivity contribution in [1.82, 2.24) is 5.32 Å². The molecular weight excluding hydrogens is 174 g/mol. The second-order valence-corrected chi connectivity index (χ2v) is 3.32. The van der Waals surface area contributed by atoms with Crippen molar-refractivity contribution in [3.63, 3.8) is 0 Å². The van der Waals surface area contributed by atoms with Gasteiger partial charge in [0, 0.05) is 31.9 Å². The van der Waals surface area contributed by atoms with Crippen molar-refractivity contribution in [3.05, 3.63) is 29.8 Å². The molecular formula is C11H12N3. The summed E-state index contributed by atoms with van der Waals surface area (Å²) in [5, 5.41) is 13.0. The standard InChI is InChI=1S/C11H12N3/c12-9-10-1-3-11(4-2-10)14-7-5-13-6-8-14/h1-4H,5-8H2. The predicted molar refractivity (Wildman–Crippen MR) is 55.2 cm³/mol. The van der Waals surface area contributed by atoms with Crippen LogP contribution in [0.25, 0.3) is 0 Å².